The number of alkyl halides is 5. The Hall–Kier alpha value is -2.95. The van der Waals surface area contributed by atoms with Crippen molar-refractivity contribution in [1.82, 2.24) is 10.3 Å². The van der Waals surface area contributed by atoms with Gasteiger partial charge in [-0.3, -0.25) is 4.79 Å². The van der Waals surface area contributed by atoms with Crippen LogP contribution in [0.1, 0.15) is 29.9 Å². The molecule has 164 valence electrons. The van der Waals surface area contributed by atoms with Crippen LogP contribution >= 0.6 is 0 Å². The molecule has 0 radical (unpaired) electrons. The van der Waals surface area contributed by atoms with Crippen LogP contribution in [0.2, 0.25) is 0 Å². The summed E-state index contributed by atoms with van der Waals surface area (Å²) in [7, 11) is 0.937. The SMILES string of the molecule is COc1nc(C(=O)NCC(C)(O)C(C)(F)F)c(N)c(-c2ccccc2)c1C(F)(F)F. The van der Waals surface area contributed by atoms with E-state index in [9.17, 15) is 31.9 Å². The quantitative estimate of drug-likeness (QED) is 0.606. The summed E-state index contributed by atoms with van der Waals surface area (Å²) in [5, 5.41) is 11.8. The Morgan fingerprint density at radius 1 is 1.17 bits per heavy atom. The Labute approximate surface area is 168 Å². The number of aromatic nitrogens is 1. The maximum atomic E-state index is 13.7. The van der Waals surface area contributed by atoms with E-state index < -0.39 is 58.5 Å². The fourth-order valence-corrected chi connectivity index (χ4v) is 2.56. The maximum Gasteiger partial charge on any atom is 0.422 e. The number of benzene rings is 1. The van der Waals surface area contributed by atoms with Crippen molar-refractivity contribution < 1.29 is 36.6 Å². The van der Waals surface area contributed by atoms with Crippen LogP contribution in [0.5, 0.6) is 5.88 Å². The van der Waals surface area contributed by atoms with Crippen molar-refractivity contribution in [3.63, 3.8) is 0 Å². The Kier molecular flexibility index (Phi) is 6.26. The second-order valence-corrected chi connectivity index (χ2v) is 6.84. The molecule has 0 saturated heterocycles. The largest absolute Gasteiger partial charge is 0.481 e. The van der Waals surface area contributed by atoms with Crippen LogP contribution in [-0.4, -0.2) is 41.2 Å². The van der Waals surface area contributed by atoms with Crippen LogP contribution in [0.25, 0.3) is 11.1 Å². The Bertz CT molecular complexity index is 926. The summed E-state index contributed by atoms with van der Waals surface area (Å²) in [6, 6.07) is 7.23. The van der Waals surface area contributed by atoms with Crippen LogP contribution < -0.4 is 15.8 Å². The van der Waals surface area contributed by atoms with Crippen LogP contribution in [0.4, 0.5) is 27.6 Å². The number of nitrogens with one attached hydrogen (secondary N) is 1. The van der Waals surface area contributed by atoms with E-state index in [1.165, 1.54) is 24.3 Å². The molecule has 1 heterocycles. The van der Waals surface area contributed by atoms with E-state index >= 15 is 0 Å². The van der Waals surface area contributed by atoms with Gasteiger partial charge in [-0.15, -0.1) is 0 Å². The highest BCUT2D eigenvalue weighted by atomic mass is 19.4. The van der Waals surface area contributed by atoms with Crippen LogP contribution in [0, 0.1) is 0 Å². The van der Waals surface area contributed by atoms with E-state index in [-0.39, 0.29) is 5.56 Å². The first-order chi connectivity index (χ1) is 13.7. The lowest BCUT2D eigenvalue weighted by Gasteiger charge is -2.30. The minimum Gasteiger partial charge on any atom is -0.481 e. The van der Waals surface area contributed by atoms with Crippen molar-refractivity contribution in [3.05, 3.63) is 41.6 Å². The lowest BCUT2D eigenvalue weighted by Crippen LogP contribution is -2.52. The normalized spacial score (nSPS) is 14.2. The monoisotopic (exact) mass is 433 g/mol. The number of ether oxygens (including phenoxy) is 1. The number of rotatable bonds is 6. The number of hydrogen-bond donors (Lipinski definition) is 3. The summed E-state index contributed by atoms with van der Waals surface area (Å²) in [5.74, 6) is -5.62. The number of aliphatic hydroxyl groups is 1. The van der Waals surface area contributed by atoms with Gasteiger partial charge < -0.3 is 20.9 Å². The Morgan fingerprint density at radius 2 is 1.73 bits per heavy atom. The van der Waals surface area contributed by atoms with Crippen molar-refractivity contribution in [3.8, 4) is 17.0 Å². The highest BCUT2D eigenvalue weighted by Crippen LogP contribution is 2.45. The smallest absolute Gasteiger partial charge is 0.422 e. The number of pyridine rings is 1. The molecular weight excluding hydrogens is 413 g/mol. The number of carbonyl (C=O) groups is 1. The fourth-order valence-electron chi connectivity index (χ4n) is 2.56. The van der Waals surface area contributed by atoms with Gasteiger partial charge in [0.1, 0.15) is 11.2 Å². The number of amides is 1. The third-order valence-electron chi connectivity index (χ3n) is 4.49. The molecule has 30 heavy (non-hydrogen) atoms. The fraction of sp³-hybridized carbons (Fsp3) is 0.368. The number of carbonyl (C=O) groups excluding carboxylic acids is 1. The molecule has 2 aromatic rings. The molecule has 0 fully saturated rings. The molecule has 4 N–H and O–H groups in total. The summed E-state index contributed by atoms with van der Waals surface area (Å²) < 4.78 is 72.8. The van der Waals surface area contributed by atoms with Gasteiger partial charge in [-0.05, 0) is 12.5 Å². The number of methoxy groups -OCH3 is 1. The van der Waals surface area contributed by atoms with E-state index in [0.29, 0.717) is 6.92 Å². The predicted molar refractivity (Wildman–Crippen MR) is 99.2 cm³/mol. The first-order valence-corrected chi connectivity index (χ1v) is 8.59. The molecular formula is C19H20F5N3O3. The molecule has 11 heteroatoms. The zero-order chi connectivity index (χ0) is 22.9. The summed E-state index contributed by atoms with van der Waals surface area (Å²) >= 11 is 0. The summed E-state index contributed by atoms with van der Waals surface area (Å²) in [4.78, 5) is 16.1. The third kappa shape index (κ3) is 4.61. The average molecular weight is 433 g/mol. The molecule has 6 nitrogen and oxygen atoms in total. The second kappa shape index (κ2) is 8.05. The minimum atomic E-state index is -4.92. The van der Waals surface area contributed by atoms with Gasteiger partial charge >= 0.3 is 6.18 Å². The number of hydrogen-bond acceptors (Lipinski definition) is 5. The molecule has 0 spiro atoms. The van der Waals surface area contributed by atoms with E-state index in [1.54, 1.807) is 6.07 Å². The molecule has 0 aliphatic heterocycles. The van der Waals surface area contributed by atoms with Gasteiger partial charge in [-0.2, -0.15) is 13.2 Å². The zero-order valence-corrected chi connectivity index (χ0v) is 16.3. The summed E-state index contributed by atoms with van der Waals surface area (Å²) in [5.41, 5.74) is 0.214. The molecule has 0 bridgehead atoms. The topological polar surface area (TPSA) is 97.5 Å². The predicted octanol–water partition coefficient (Wildman–Crippen LogP) is 3.49. The number of nitrogens with two attached hydrogens (primary N) is 1. The van der Waals surface area contributed by atoms with Gasteiger partial charge in [0.15, 0.2) is 5.69 Å². The van der Waals surface area contributed by atoms with Crippen molar-refractivity contribution in [1.29, 1.82) is 0 Å². The van der Waals surface area contributed by atoms with E-state index in [4.69, 9.17) is 10.5 Å². The van der Waals surface area contributed by atoms with Gasteiger partial charge in [0.2, 0.25) is 5.88 Å². The van der Waals surface area contributed by atoms with E-state index in [0.717, 1.165) is 14.0 Å². The zero-order valence-electron chi connectivity index (χ0n) is 16.3. The van der Waals surface area contributed by atoms with Crippen molar-refractivity contribution >= 4 is 11.6 Å². The molecule has 1 unspecified atom stereocenters. The van der Waals surface area contributed by atoms with Crippen molar-refractivity contribution in [2.45, 2.75) is 31.5 Å². The lowest BCUT2D eigenvalue weighted by molar-refractivity contribution is -0.155. The van der Waals surface area contributed by atoms with Gasteiger partial charge in [-0.1, -0.05) is 30.3 Å². The Balaban J connectivity index is 2.61. The highest BCUT2D eigenvalue weighted by molar-refractivity contribution is 6.02. The van der Waals surface area contributed by atoms with Gasteiger partial charge in [-0.25, -0.2) is 13.8 Å². The second-order valence-electron chi connectivity index (χ2n) is 6.84. The minimum absolute atomic E-state index is 0.0455. The molecule has 1 aromatic carbocycles. The van der Waals surface area contributed by atoms with Gasteiger partial charge in [0, 0.05) is 12.5 Å². The molecule has 1 aromatic heterocycles. The molecule has 2 rings (SSSR count). The number of halogens is 5. The first kappa shape index (κ1) is 23.3. The van der Waals surface area contributed by atoms with Crippen LogP contribution in [0.3, 0.4) is 0 Å². The highest BCUT2D eigenvalue weighted by Gasteiger charge is 2.45. The molecule has 0 aliphatic rings. The van der Waals surface area contributed by atoms with Crippen LogP contribution in [-0.2, 0) is 6.18 Å². The number of anilines is 1. The first-order valence-electron chi connectivity index (χ1n) is 8.59. The van der Waals surface area contributed by atoms with Gasteiger partial charge in [0.25, 0.3) is 11.8 Å². The van der Waals surface area contributed by atoms with Crippen molar-refractivity contribution in [2.75, 3.05) is 19.4 Å². The van der Waals surface area contributed by atoms with E-state index in [1.807, 2.05) is 5.32 Å². The molecule has 1 amide bonds. The van der Waals surface area contributed by atoms with Crippen LogP contribution in [0.15, 0.2) is 30.3 Å². The summed E-state index contributed by atoms with van der Waals surface area (Å²) in [6.07, 6.45) is -4.92. The lowest BCUT2D eigenvalue weighted by atomic mass is 9.96. The molecule has 0 saturated carbocycles. The third-order valence-corrected chi connectivity index (χ3v) is 4.49. The average Bonchev–Trinajstić information content (AvgIpc) is 2.64. The van der Waals surface area contributed by atoms with E-state index in [2.05, 4.69) is 4.98 Å². The standard InChI is InChI=1S/C19H20F5N3O3/c1-17(29,18(2,20)21)9-26-15(28)14-13(25)11(10-7-5-4-6-8-10)12(19(22,23)24)16(27-14)30-3/h4-8,29H,9,25H2,1-3H3,(H,26,28). The maximum absolute atomic E-state index is 13.7. The molecule has 0 aliphatic carbocycles. The number of nitrogen functional groups attached to an aromatic ring is 1. The van der Waals surface area contributed by atoms with Crippen molar-refractivity contribution in [2.24, 2.45) is 0 Å². The Morgan fingerprint density at radius 3 is 2.20 bits per heavy atom. The number of nitrogens with zero attached hydrogens (tertiary/aromatic N) is 1. The molecule has 1 atom stereocenters. The summed E-state index contributed by atoms with van der Waals surface area (Å²) in [6.45, 7) is 0.355. The van der Waals surface area contributed by atoms with Gasteiger partial charge in [0.05, 0.1) is 19.3 Å².